The number of hydrogen-bond donors (Lipinski definition) is 1. The van der Waals surface area contributed by atoms with E-state index in [-0.39, 0.29) is 0 Å². The average Bonchev–Trinajstić information content (AvgIpc) is 3.07. The molecule has 2 fully saturated rings. The highest BCUT2D eigenvalue weighted by molar-refractivity contribution is 5.86. The minimum Gasteiger partial charge on any atom is -0.361 e. The first-order valence-corrected chi connectivity index (χ1v) is 9.98. The minimum atomic E-state index is 0.647. The van der Waals surface area contributed by atoms with E-state index in [1.54, 1.807) is 0 Å². The second kappa shape index (κ2) is 7.23. The highest BCUT2D eigenvalue weighted by Gasteiger charge is 2.28. The maximum absolute atomic E-state index is 5.41. The molecule has 2 aromatic heterocycles. The first kappa shape index (κ1) is 17.9. The van der Waals surface area contributed by atoms with Crippen molar-refractivity contribution >= 4 is 11.0 Å². The summed E-state index contributed by atoms with van der Waals surface area (Å²) in [6.07, 6.45) is 17.2. The van der Waals surface area contributed by atoms with Gasteiger partial charge in [0.2, 0.25) is 0 Å². The highest BCUT2D eigenvalue weighted by Crippen LogP contribution is 2.41. The van der Waals surface area contributed by atoms with Crippen molar-refractivity contribution in [1.82, 2.24) is 15.1 Å². The summed E-state index contributed by atoms with van der Waals surface area (Å²) in [4.78, 5) is 8.59. The highest BCUT2D eigenvalue weighted by atomic mass is 16.5. The molecule has 5 rings (SSSR count). The van der Waals surface area contributed by atoms with Crippen LogP contribution in [0.1, 0.15) is 67.3 Å². The standard InChI is InChI=1S/C21H25N3O.C2H2/c1-12-19(13(2)25-24-12)16-10-17(9-14-5-3-4-6-14)20-18(11-16)22-21(23-20)15-7-8-15;1-2/h10-11,14-15H,3-9H2,1-2H3,(H,22,23);1-2H. The van der Waals surface area contributed by atoms with Crippen LogP contribution in [0.2, 0.25) is 0 Å². The predicted octanol–water partition coefficient (Wildman–Crippen LogP) is 5.69. The van der Waals surface area contributed by atoms with Gasteiger partial charge < -0.3 is 9.51 Å². The second-order valence-corrected chi connectivity index (χ2v) is 7.98. The molecule has 0 unspecified atom stereocenters. The lowest BCUT2D eigenvalue weighted by Gasteiger charge is -2.11. The van der Waals surface area contributed by atoms with Crippen LogP contribution in [0.4, 0.5) is 0 Å². The summed E-state index contributed by atoms with van der Waals surface area (Å²) >= 11 is 0. The molecule has 0 amide bonds. The fraction of sp³-hybridized carbons (Fsp3) is 0.478. The van der Waals surface area contributed by atoms with E-state index in [1.807, 2.05) is 13.8 Å². The number of aromatic nitrogens is 3. The molecule has 2 heterocycles. The van der Waals surface area contributed by atoms with Crippen molar-refractivity contribution in [3.8, 4) is 24.0 Å². The van der Waals surface area contributed by atoms with Gasteiger partial charge in [-0.15, -0.1) is 12.8 Å². The Kier molecular flexibility index (Phi) is 4.78. The van der Waals surface area contributed by atoms with E-state index in [0.29, 0.717) is 5.92 Å². The third-order valence-corrected chi connectivity index (χ3v) is 5.95. The SMILES string of the molecule is C#C.Cc1noc(C)c1-c1cc(CC2CCCC2)c2nc(C3CC3)[nH]c2c1. The van der Waals surface area contributed by atoms with Crippen molar-refractivity contribution in [1.29, 1.82) is 0 Å². The van der Waals surface area contributed by atoms with Gasteiger partial charge in [0.15, 0.2) is 0 Å². The average molecular weight is 361 g/mol. The Morgan fingerprint density at radius 1 is 1.11 bits per heavy atom. The Morgan fingerprint density at radius 2 is 1.85 bits per heavy atom. The molecular formula is C23H27N3O. The van der Waals surface area contributed by atoms with Crippen LogP contribution < -0.4 is 0 Å². The number of nitrogens with zero attached hydrogens (tertiary/aromatic N) is 2. The fourth-order valence-electron chi connectivity index (χ4n) is 4.48. The monoisotopic (exact) mass is 361 g/mol. The topological polar surface area (TPSA) is 54.7 Å². The Morgan fingerprint density at radius 3 is 2.48 bits per heavy atom. The number of imidazole rings is 1. The van der Waals surface area contributed by atoms with E-state index in [1.165, 1.54) is 66.5 Å². The Hall–Kier alpha value is -2.54. The molecule has 1 N–H and O–H groups in total. The van der Waals surface area contributed by atoms with E-state index in [0.717, 1.165) is 29.4 Å². The summed E-state index contributed by atoms with van der Waals surface area (Å²) in [5.74, 6) is 3.53. The van der Waals surface area contributed by atoms with Crippen LogP contribution >= 0.6 is 0 Å². The summed E-state index contributed by atoms with van der Waals surface area (Å²) in [5, 5.41) is 4.15. The maximum Gasteiger partial charge on any atom is 0.141 e. The van der Waals surface area contributed by atoms with Crippen LogP contribution in [-0.4, -0.2) is 15.1 Å². The third-order valence-electron chi connectivity index (χ3n) is 5.95. The van der Waals surface area contributed by atoms with Crippen LogP contribution in [0.15, 0.2) is 16.7 Å². The molecule has 0 spiro atoms. The zero-order chi connectivity index (χ0) is 19.0. The van der Waals surface area contributed by atoms with Gasteiger partial charge >= 0.3 is 0 Å². The molecule has 1 aromatic carbocycles. The molecule has 3 aromatic rings. The van der Waals surface area contributed by atoms with Gasteiger partial charge in [-0.1, -0.05) is 30.8 Å². The van der Waals surface area contributed by atoms with Gasteiger partial charge in [-0.2, -0.15) is 0 Å². The first-order valence-electron chi connectivity index (χ1n) is 9.98. The van der Waals surface area contributed by atoms with Gasteiger partial charge in [-0.25, -0.2) is 4.98 Å². The number of H-pyrrole nitrogens is 1. The summed E-state index contributed by atoms with van der Waals surface area (Å²) in [5.41, 5.74) is 7.06. The van der Waals surface area contributed by atoms with Gasteiger partial charge in [-0.05, 0) is 62.3 Å². The van der Waals surface area contributed by atoms with Gasteiger partial charge in [0.1, 0.15) is 11.6 Å². The van der Waals surface area contributed by atoms with Crippen molar-refractivity contribution in [2.24, 2.45) is 5.92 Å². The molecule has 2 aliphatic rings. The molecule has 2 aliphatic carbocycles. The van der Waals surface area contributed by atoms with E-state index >= 15 is 0 Å². The Labute approximate surface area is 160 Å². The summed E-state index contributed by atoms with van der Waals surface area (Å²) < 4.78 is 5.41. The largest absolute Gasteiger partial charge is 0.361 e. The van der Waals surface area contributed by atoms with Gasteiger partial charge in [0.25, 0.3) is 0 Å². The molecular weight excluding hydrogens is 334 g/mol. The van der Waals surface area contributed by atoms with Crippen molar-refractivity contribution in [2.45, 2.75) is 64.7 Å². The number of fused-ring (bicyclic) bond motifs is 1. The van der Waals surface area contributed by atoms with E-state index in [2.05, 4.69) is 35.1 Å². The van der Waals surface area contributed by atoms with Crippen LogP contribution in [0.5, 0.6) is 0 Å². The van der Waals surface area contributed by atoms with Crippen molar-refractivity contribution in [3.05, 3.63) is 35.0 Å². The molecule has 27 heavy (non-hydrogen) atoms. The molecule has 0 atom stereocenters. The number of nitrogens with one attached hydrogen (secondary N) is 1. The first-order chi connectivity index (χ1) is 13.2. The van der Waals surface area contributed by atoms with Crippen LogP contribution in [-0.2, 0) is 6.42 Å². The molecule has 2 saturated carbocycles. The molecule has 0 saturated heterocycles. The van der Waals surface area contributed by atoms with Crippen molar-refractivity contribution in [2.75, 3.05) is 0 Å². The number of aryl methyl sites for hydroxylation is 2. The number of hydrogen-bond acceptors (Lipinski definition) is 3. The van der Waals surface area contributed by atoms with Crippen LogP contribution in [0.25, 0.3) is 22.2 Å². The summed E-state index contributed by atoms with van der Waals surface area (Å²) in [7, 11) is 0. The minimum absolute atomic E-state index is 0.647. The quantitative estimate of drug-likeness (QED) is 0.607. The Bertz CT molecular complexity index is 949. The summed E-state index contributed by atoms with van der Waals surface area (Å²) in [6.45, 7) is 4.02. The normalized spacial score (nSPS) is 17.2. The molecule has 4 nitrogen and oxygen atoms in total. The molecule has 140 valence electrons. The number of aromatic amines is 1. The number of terminal acetylenes is 1. The van der Waals surface area contributed by atoms with Gasteiger partial charge in [0, 0.05) is 11.5 Å². The molecule has 0 aliphatic heterocycles. The smallest absolute Gasteiger partial charge is 0.141 e. The molecule has 0 radical (unpaired) electrons. The number of rotatable bonds is 4. The van der Waals surface area contributed by atoms with Crippen molar-refractivity contribution < 1.29 is 4.52 Å². The zero-order valence-electron chi connectivity index (χ0n) is 16.2. The van der Waals surface area contributed by atoms with Crippen LogP contribution in [0, 0.1) is 32.6 Å². The molecule has 0 bridgehead atoms. The van der Waals surface area contributed by atoms with E-state index in [9.17, 15) is 0 Å². The fourth-order valence-corrected chi connectivity index (χ4v) is 4.48. The van der Waals surface area contributed by atoms with Crippen molar-refractivity contribution in [3.63, 3.8) is 0 Å². The lowest BCUT2D eigenvalue weighted by atomic mass is 9.93. The van der Waals surface area contributed by atoms with Crippen LogP contribution in [0.3, 0.4) is 0 Å². The van der Waals surface area contributed by atoms with E-state index < -0.39 is 0 Å². The maximum atomic E-state index is 5.41. The predicted molar refractivity (Wildman–Crippen MR) is 109 cm³/mol. The second-order valence-electron chi connectivity index (χ2n) is 7.98. The zero-order valence-corrected chi connectivity index (χ0v) is 16.2. The third kappa shape index (κ3) is 3.39. The van der Waals surface area contributed by atoms with Gasteiger partial charge in [0.05, 0.1) is 16.7 Å². The summed E-state index contributed by atoms with van der Waals surface area (Å²) in [6, 6.07) is 4.57. The lowest BCUT2D eigenvalue weighted by Crippen LogP contribution is -2.00. The lowest BCUT2D eigenvalue weighted by molar-refractivity contribution is 0.393. The Balaban J connectivity index is 0.000000872. The van der Waals surface area contributed by atoms with Gasteiger partial charge in [-0.3, -0.25) is 0 Å². The number of benzene rings is 1. The van der Waals surface area contributed by atoms with E-state index in [4.69, 9.17) is 9.51 Å². The molecule has 4 heteroatoms.